The third-order valence-corrected chi connectivity index (χ3v) is 14.1. The zero-order valence-corrected chi connectivity index (χ0v) is 37.2. The molecule has 4 amide bonds. The van der Waals surface area contributed by atoms with Gasteiger partial charge in [0.2, 0.25) is 0 Å². The van der Waals surface area contributed by atoms with E-state index in [1.807, 2.05) is 34.0 Å². The van der Waals surface area contributed by atoms with Crippen LogP contribution < -0.4 is 21.3 Å². The van der Waals surface area contributed by atoms with Gasteiger partial charge in [-0.3, -0.25) is 0 Å². The van der Waals surface area contributed by atoms with Crippen LogP contribution >= 0.6 is 34.0 Å². The fourth-order valence-electron chi connectivity index (χ4n) is 6.90. The van der Waals surface area contributed by atoms with Crippen molar-refractivity contribution in [2.45, 2.75) is 181 Å². The molecule has 55 heavy (non-hydrogen) atoms. The summed E-state index contributed by atoms with van der Waals surface area (Å²) in [7, 11) is 0. The molecule has 0 saturated carbocycles. The summed E-state index contributed by atoms with van der Waals surface area (Å²) < 4.78 is 0. The van der Waals surface area contributed by atoms with Gasteiger partial charge in [-0.1, -0.05) is 129 Å². The van der Waals surface area contributed by atoms with Crippen molar-refractivity contribution in [2.24, 2.45) is 0 Å². The summed E-state index contributed by atoms with van der Waals surface area (Å²) >= 11 is 5.67. The summed E-state index contributed by atoms with van der Waals surface area (Å²) in [6.07, 6.45) is 32.5. The molecule has 0 aliphatic carbocycles. The van der Waals surface area contributed by atoms with Crippen molar-refractivity contribution >= 4 is 46.1 Å². The number of hydrogen-bond acceptors (Lipinski definition) is 5. The maximum Gasteiger partial charge on any atom is 0.314 e. The minimum absolute atomic E-state index is 0.0242. The minimum Gasteiger partial charge on any atom is -0.338 e. The van der Waals surface area contributed by atoms with Crippen LogP contribution in [0.4, 0.5) is 9.59 Å². The maximum atomic E-state index is 12.1. The molecule has 0 radical (unpaired) electrons. The smallest absolute Gasteiger partial charge is 0.314 e. The standard InChI is InChI=1S/C46H76N4O2S3/c1-3-5-7-9-11-13-15-17-19-23-35-47-45(51)49-37-25-21-27-39-29-31-41(53-39)43-33-34-44(55-43)42-32-30-40(54-42)28-22-26-38-50-46(52)48-36-24-20-18-16-14-12-10-8-6-4-2/h29-34H,3-28,35-38H2,1-2H3,(H2,47,49,51)(H2,48,50,52). The lowest BCUT2D eigenvalue weighted by Gasteiger charge is -2.07. The van der Waals surface area contributed by atoms with E-state index in [1.54, 1.807) is 0 Å². The van der Waals surface area contributed by atoms with Gasteiger partial charge in [0.15, 0.2) is 0 Å². The maximum absolute atomic E-state index is 12.1. The van der Waals surface area contributed by atoms with E-state index < -0.39 is 0 Å². The quantitative estimate of drug-likeness (QED) is 0.0453. The summed E-state index contributed by atoms with van der Waals surface area (Å²) in [4.78, 5) is 32.5. The normalized spacial score (nSPS) is 11.2. The van der Waals surface area contributed by atoms with Gasteiger partial charge in [-0.25, -0.2) is 9.59 Å². The summed E-state index contributed by atoms with van der Waals surface area (Å²) in [5, 5.41) is 12.1. The van der Waals surface area contributed by atoms with E-state index in [0.29, 0.717) is 0 Å². The average Bonchev–Trinajstić information content (AvgIpc) is 3.98. The second kappa shape index (κ2) is 31.7. The van der Waals surface area contributed by atoms with Crippen LogP contribution in [-0.2, 0) is 12.8 Å². The molecule has 0 aliphatic heterocycles. The summed E-state index contributed by atoms with van der Waals surface area (Å²) in [5.74, 6) is 0. The molecule has 3 aromatic heterocycles. The Morgan fingerprint density at radius 1 is 0.364 bits per heavy atom. The number of unbranched alkanes of at least 4 members (excludes halogenated alkanes) is 20. The second-order valence-corrected chi connectivity index (χ2v) is 18.8. The molecule has 0 aromatic carbocycles. The van der Waals surface area contributed by atoms with Gasteiger partial charge < -0.3 is 21.3 Å². The Hall–Kier alpha value is -2.36. The van der Waals surface area contributed by atoms with E-state index in [-0.39, 0.29) is 12.1 Å². The van der Waals surface area contributed by atoms with Crippen molar-refractivity contribution < 1.29 is 9.59 Å². The molecule has 310 valence electrons. The Bertz CT molecular complexity index is 1280. The second-order valence-electron chi connectivity index (χ2n) is 15.3. The van der Waals surface area contributed by atoms with Gasteiger partial charge >= 0.3 is 12.1 Å². The van der Waals surface area contributed by atoms with Crippen molar-refractivity contribution in [3.8, 4) is 19.5 Å². The molecule has 0 saturated heterocycles. The van der Waals surface area contributed by atoms with Gasteiger partial charge in [-0.15, -0.1) is 34.0 Å². The van der Waals surface area contributed by atoms with E-state index in [1.165, 1.54) is 145 Å². The van der Waals surface area contributed by atoms with E-state index in [0.717, 1.165) is 77.5 Å². The third-order valence-electron chi connectivity index (χ3n) is 10.3. The number of carbonyl (C=O) groups is 2. The largest absolute Gasteiger partial charge is 0.338 e. The van der Waals surface area contributed by atoms with Crippen molar-refractivity contribution in [3.63, 3.8) is 0 Å². The predicted molar refractivity (Wildman–Crippen MR) is 243 cm³/mol. The number of rotatable bonds is 34. The highest BCUT2D eigenvalue weighted by molar-refractivity contribution is 7.26. The molecule has 6 nitrogen and oxygen atoms in total. The Labute approximate surface area is 347 Å². The molecule has 0 bridgehead atoms. The SMILES string of the molecule is CCCCCCCCCCCCNC(=O)NCCCCc1ccc(-c2ccc(-c3ccc(CCCCNC(=O)NCCCCCCCCCCCC)s3)s2)s1. The third kappa shape index (κ3) is 22.8. The van der Waals surface area contributed by atoms with Gasteiger partial charge in [-0.05, 0) is 87.8 Å². The van der Waals surface area contributed by atoms with E-state index >= 15 is 0 Å². The van der Waals surface area contributed by atoms with Crippen molar-refractivity contribution in [1.29, 1.82) is 0 Å². The average molecular weight is 813 g/mol. The first-order valence-corrected chi connectivity index (χ1v) is 24.9. The molecule has 0 atom stereocenters. The number of aryl methyl sites for hydroxylation is 2. The summed E-state index contributed by atoms with van der Waals surface area (Å²) in [5.41, 5.74) is 0. The van der Waals surface area contributed by atoms with Crippen LogP contribution in [0.5, 0.6) is 0 Å². The molecule has 4 N–H and O–H groups in total. The van der Waals surface area contributed by atoms with Crippen molar-refractivity contribution in [3.05, 3.63) is 46.2 Å². The first-order valence-electron chi connectivity index (χ1n) is 22.4. The van der Waals surface area contributed by atoms with Crippen LogP contribution in [-0.4, -0.2) is 38.2 Å². The topological polar surface area (TPSA) is 82.3 Å². The van der Waals surface area contributed by atoms with Gasteiger partial charge in [0.05, 0.1) is 0 Å². The lowest BCUT2D eigenvalue weighted by molar-refractivity contribution is 0.239. The molecular formula is C46H76N4O2S3. The van der Waals surface area contributed by atoms with Crippen LogP contribution in [0, 0.1) is 0 Å². The highest BCUT2D eigenvalue weighted by Crippen LogP contribution is 2.40. The Balaban J connectivity index is 1.17. The summed E-state index contributed by atoms with van der Waals surface area (Å²) in [6.45, 7) is 7.55. The molecule has 0 unspecified atom stereocenters. The fourth-order valence-corrected chi connectivity index (χ4v) is 10.2. The van der Waals surface area contributed by atoms with Crippen LogP contribution in [0.2, 0.25) is 0 Å². The monoisotopic (exact) mass is 813 g/mol. The van der Waals surface area contributed by atoms with Crippen LogP contribution in [0.15, 0.2) is 36.4 Å². The molecule has 3 aromatic rings. The van der Waals surface area contributed by atoms with Crippen LogP contribution in [0.25, 0.3) is 19.5 Å². The Morgan fingerprint density at radius 3 is 0.982 bits per heavy atom. The number of hydrogen-bond donors (Lipinski definition) is 4. The Kier molecular flexibility index (Phi) is 27.1. The van der Waals surface area contributed by atoms with Gasteiger partial charge in [0.25, 0.3) is 0 Å². The number of thiophene rings is 3. The van der Waals surface area contributed by atoms with Gasteiger partial charge in [0, 0.05) is 55.4 Å². The van der Waals surface area contributed by atoms with E-state index in [4.69, 9.17) is 0 Å². The van der Waals surface area contributed by atoms with Gasteiger partial charge in [0.1, 0.15) is 0 Å². The molecular weight excluding hydrogens is 737 g/mol. The zero-order chi connectivity index (χ0) is 39.0. The molecule has 0 aliphatic rings. The molecule has 3 rings (SSSR count). The predicted octanol–water partition coefficient (Wildman–Crippen LogP) is 14.3. The first kappa shape index (κ1) is 47.0. The molecule has 9 heteroatoms. The van der Waals surface area contributed by atoms with Crippen molar-refractivity contribution in [1.82, 2.24) is 21.3 Å². The minimum atomic E-state index is -0.0242. The van der Waals surface area contributed by atoms with Crippen LogP contribution in [0.3, 0.4) is 0 Å². The number of carbonyl (C=O) groups excluding carboxylic acids is 2. The number of nitrogens with one attached hydrogen (secondary N) is 4. The summed E-state index contributed by atoms with van der Waals surface area (Å²) in [6, 6.07) is 13.6. The fraction of sp³-hybridized carbons (Fsp3) is 0.696. The lowest BCUT2D eigenvalue weighted by atomic mass is 10.1. The Morgan fingerprint density at radius 2 is 0.636 bits per heavy atom. The van der Waals surface area contributed by atoms with Gasteiger partial charge in [-0.2, -0.15) is 0 Å². The lowest BCUT2D eigenvalue weighted by Crippen LogP contribution is -2.36. The highest BCUT2D eigenvalue weighted by Gasteiger charge is 2.10. The van der Waals surface area contributed by atoms with Crippen molar-refractivity contribution in [2.75, 3.05) is 26.2 Å². The molecule has 0 fully saturated rings. The van der Waals surface area contributed by atoms with E-state index in [2.05, 4.69) is 71.5 Å². The highest BCUT2D eigenvalue weighted by atomic mass is 32.1. The molecule has 3 heterocycles. The first-order chi connectivity index (χ1) is 27.1. The number of urea groups is 2. The van der Waals surface area contributed by atoms with Crippen LogP contribution in [0.1, 0.15) is 178 Å². The number of amides is 4. The zero-order valence-electron chi connectivity index (χ0n) is 34.7. The molecule has 0 spiro atoms. The van der Waals surface area contributed by atoms with E-state index in [9.17, 15) is 9.59 Å².